The van der Waals surface area contributed by atoms with Crippen LogP contribution in [0.3, 0.4) is 0 Å². The molecule has 1 aromatic rings. The van der Waals surface area contributed by atoms with Gasteiger partial charge in [-0.1, -0.05) is 6.07 Å². The van der Waals surface area contributed by atoms with Gasteiger partial charge >= 0.3 is 0 Å². The molecular weight excluding hydrogens is 180 g/mol. The van der Waals surface area contributed by atoms with Crippen LogP contribution in [0.1, 0.15) is 11.7 Å². The fourth-order valence-electron chi connectivity index (χ4n) is 1.21. The van der Waals surface area contributed by atoms with Crippen LogP contribution in [-0.4, -0.2) is 21.3 Å². The molecule has 0 radical (unpaired) electrons. The first kappa shape index (κ1) is 10.8. The normalized spacial score (nSPS) is 12.3. The molecule has 1 atom stereocenters. The van der Waals surface area contributed by atoms with Crippen LogP contribution in [0.5, 0.6) is 11.5 Å². The molecule has 4 heteroatoms. The third kappa shape index (κ3) is 2.16. The molecule has 0 amide bonds. The summed E-state index contributed by atoms with van der Waals surface area (Å²) in [6.45, 7) is 0. The maximum Gasteiger partial charge on any atom is 0.161 e. The van der Waals surface area contributed by atoms with Crippen molar-refractivity contribution in [1.82, 2.24) is 5.32 Å². The number of rotatable bonds is 4. The second-order valence-electron chi connectivity index (χ2n) is 2.88. The molecule has 1 rings (SSSR count). The van der Waals surface area contributed by atoms with E-state index >= 15 is 0 Å². The Kier molecular flexibility index (Phi) is 3.73. The van der Waals surface area contributed by atoms with Gasteiger partial charge in [0.1, 0.15) is 0 Å². The average Bonchev–Trinajstić information content (AvgIpc) is 2.26. The fraction of sp³-hybridized carbons (Fsp3) is 0.400. The van der Waals surface area contributed by atoms with Gasteiger partial charge in [0, 0.05) is 0 Å². The SMILES string of the molecule is CNC(N)c1ccc(OC)c(OC)c1. The zero-order valence-corrected chi connectivity index (χ0v) is 8.70. The maximum absolute atomic E-state index is 5.80. The van der Waals surface area contributed by atoms with E-state index < -0.39 is 0 Å². The number of ether oxygens (including phenoxy) is 2. The standard InChI is InChI=1S/C10H16N2O2/c1-12-10(11)7-4-5-8(13-2)9(6-7)14-3/h4-6,10,12H,11H2,1-3H3. The summed E-state index contributed by atoms with van der Waals surface area (Å²) in [5.41, 5.74) is 6.77. The topological polar surface area (TPSA) is 56.5 Å². The molecular formula is C10H16N2O2. The van der Waals surface area contributed by atoms with Gasteiger partial charge in [-0.2, -0.15) is 0 Å². The molecule has 0 spiro atoms. The van der Waals surface area contributed by atoms with Crippen molar-refractivity contribution in [2.24, 2.45) is 5.73 Å². The van der Waals surface area contributed by atoms with Gasteiger partial charge in [-0.05, 0) is 24.7 Å². The Hall–Kier alpha value is -1.26. The molecule has 0 aliphatic heterocycles. The Morgan fingerprint density at radius 1 is 1.21 bits per heavy atom. The van der Waals surface area contributed by atoms with Gasteiger partial charge < -0.3 is 20.5 Å². The Morgan fingerprint density at radius 3 is 2.36 bits per heavy atom. The van der Waals surface area contributed by atoms with E-state index in [2.05, 4.69) is 5.32 Å². The summed E-state index contributed by atoms with van der Waals surface area (Å²) >= 11 is 0. The molecule has 0 saturated carbocycles. The van der Waals surface area contributed by atoms with Gasteiger partial charge in [0.05, 0.1) is 20.4 Å². The zero-order valence-electron chi connectivity index (χ0n) is 8.70. The summed E-state index contributed by atoms with van der Waals surface area (Å²) in [5.74, 6) is 1.40. The molecule has 0 saturated heterocycles. The van der Waals surface area contributed by atoms with Gasteiger partial charge in [-0.25, -0.2) is 0 Å². The smallest absolute Gasteiger partial charge is 0.161 e. The van der Waals surface area contributed by atoms with Gasteiger partial charge in [0.2, 0.25) is 0 Å². The van der Waals surface area contributed by atoms with E-state index in [1.807, 2.05) is 18.2 Å². The quantitative estimate of drug-likeness (QED) is 0.702. The second kappa shape index (κ2) is 4.83. The lowest BCUT2D eigenvalue weighted by Crippen LogP contribution is -2.24. The summed E-state index contributed by atoms with van der Waals surface area (Å²) in [4.78, 5) is 0. The van der Waals surface area contributed by atoms with Crippen molar-refractivity contribution < 1.29 is 9.47 Å². The summed E-state index contributed by atoms with van der Waals surface area (Å²) in [5, 5.41) is 2.95. The first-order valence-corrected chi connectivity index (χ1v) is 4.37. The number of hydrogen-bond donors (Lipinski definition) is 2. The Morgan fingerprint density at radius 2 is 1.86 bits per heavy atom. The van der Waals surface area contributed by atoms with Gasteiger partial charge in [0.25, 0.3) is 0 Å². The van der Waals surface area contributed by atoms with Crippen molar-refractivity contribution in [3.63, 3.8) is 0 Å². The molecule has 3 N–H and O–H groups in total. The lowest BCUT2D eigenvalue weighted by atomic mass is 10.1. The largest absolute Gasteiger partial charge is 0.493 e. The predicted octanol–water partition coefficient (Wildman–Crippen LogP) is 0.880. The highest BCUT2D eigenvalue weighted by Gasteiger charge is 2.08. The lowest BCUT2D eigenvalue weighted by Gasteiger charge is -2.13. The van der Waals surface area contributed by atoms with Crippen molar-refractivity contribution >= 4 is 0 Å². The van der Waals surface area contributed by atoms with Crippen LogP contribution in [0.4, 0.5) is 0 Å². The van der Waals surface area contributed by atoms with Crippen molar-refractivity contribution in [2.75, 3.05) is 21.3 Å². The summed E-state index contributed by atoms with van der Waals surface area (Å²) < 4.78 is 10.3. The maximum atomic E-state index is 5.80. The third-order valence-electron chi connectivity index (χ3n) is 2.08. The molecule has 14 heavy (non-hydrogen) atoms. The van der Waals surface area contributed by atoms with Crippen LogP contribution in [-0.2, 0) is 0 Å². The Labute approximate surface area is 84.0 Å². The second-order valence-corrected chi connectivity index (χ2v) is 2.88. The molecule has 1 unspecified atom stereocenters. The Bertz CT molecular complexity index is 302. The van der Waals surface area contributed by atoms with E-state index in [9.17, 15) is 0 Å². The van der Waals surface area contributed by atoms with Crippen LogP contribution in [0.2, 0.25) is 0 Å². The minimum atomic E-state index is -0.185. The van der Waals surface area contributed by atoms with Crippen molar-refractivity contribution in [3.05, 3.63) is 23.8 Å². The number of hydrogen-bond acceptors (Lipinski definition) is 4. The number of benzene rings is 1. The van der Waals surface area contributed by atoms with E-state index in [1.165, 1.54) is 0 Å². The van der Waals surface area contributed by atoms with Gasteiger partial charge in [0.15, 0.2) is 11.5 Å². The number of nitrogens with one attached hydrogen (secondary N) is 1. The molecule has 78 valence electrons. The fourth-order valence-corrected chi connectivity index (χ4v) is 1.21. The van der Waals surface area contributed by atoms with Crippen LogP contribution >= 0.6 is 0 Å². The van der Waals surface area contributed by atoms with Crippen molar-refractivity contribution in [1.29, 1.82) is 0 Å². The number of nitrogens with two attached hydrogens (primary N) is 1. The first-order valence-electron chi connectivity index (χ1n) is 4.37. The molecule has 0 aromatic heterocycles. The highest BCUT2D eigenvalue weighted by Crippen LogP contribution is 2.28. The molecule has 0 bridgehead atoms. The monoisotopic (exact) mass is 196 g/mol. The molecule has 0 aliphatic carbocycles. The molecule has 0 heterocycles. The third-order valence-corrected chi connectivity index (χ3v) is 2.08. The minimum absolute atomic E-state index is 0.185. The summed E-state index contributed by atoms with van der Waals surface area (Å²) in [6, 6.07) is 5.61. The van der Waals surface area contributed by atoms with Gasteiger partial charge in [-0.3, -0.25) is 0 Å². The van der Waals surface area contributed by atoms with Crippen LogP contribution < -0.4 is 20.5 Å². The number of methoxy groups -OCH3 is 2. The van der Waals surface area contributed by atoms with E-state index in [1.54, 1.807) is 21.3 Å². The average molecular weight is 196 g/mol. The van der Waals surface area contributed by atoms with Crippen LogP contribution in [0.15, 0.2) is 18.2 Å². The first-order chi connectivity index (χ1) is 6.72. The lowest BCUT2D eigenvalue weighted by molar-refractivity contribution is 0.354. The zero-order chi connectivity index (χ0) is 10.6. The minimum Gasteiger partial charge on any atom is -0.493 e. The summed E-state index contributed by atoms with van der Waals surface area (Å²) in [7, 11) is 5.02. The predicted molar refractivity (Wildman–Crippen MR) is 55.5 cm³/mol. The molecule has 1 aromatic carbocycles. The molecule has 4 nitrogen and oxygen atoms in total. The van der Waals surface area contributed by atoms with E-state index in [-0.39, 0.29) is 6.17 Å². The van der Waals surface area contributed by atoms with Crippen molar-refractivity contribution in [3.8, 4) is 11.5 Å². The highest BCUT2D eigenvalue weighted by atomic mass is 16.5. The van der Waals surface area contributed by atoms with Crippen LogP contribution in [0, 0.1) is 0 Å². The summed E-state index contributed by atoms with van der Waals surface area (Å²) in [6.07, 6.45) is -0.185. The van der Waals surface area contributed by atoms with Crippen molar-refractivity contribution in [2.45, 2.75) is 6.17 Å². The molecule has 0 aliphatic rings. The van der Waals surface area contributed by atoms with Gasteiger partial charge in [-0.15, -0.1) is 0 Å². The van der Waals surface area contributed by atoms with E-state index in [0.29, 0.717) is 11.5 Å². The van der Waals surface area contributed by atoms with E-state index in [0.717, 1.165) is 5.56 Å². The van der Waals surface area contributed by atoms with E-state index in [4.69, 9.17) is 15.2 Å². The Balaban J connectivity index is 3.01. The van der Waals surface area contributed by atoms with Crippen LogP contribution in [0.25, 0.3) is 0 Å². The highest BCUT2D eigenvalue weighted by molar-refractivity contribution is 5.43. The molecule has 0 fully saturated rings.